The number of methoxy groups -OCH3 is 5. The Balaban J connectivity index is 0.000000330. The fourth-order valence-corrected chi connectivity index (χ4v) is 5.94. The van der Waals surface area contributed by atoms with Crippen LogP contribution in [0, 0.1) is 0 Å². The van der Waals surface area contributed by atoms with Crippen molar-refractivity contribution in [3.63, 3.8) is 0 Å². The largest absolute Gasteiger partial charge is 0.497 e. The lowest BCUT2D eigenvalue weighted by atomic mass is 10.1. The second-order valence-corrected chi connectivity index (χ2v) is 14.0. The maximum absolute atomic E-state index is 12.8. The third-order valence-corrected chi connectivity index (χ3v) is 9.59. The molecule has 0 radical (unpaired) electrons. The Morgan fingerprint density at radius 3 is 1.18 bits per heavy atom. The minimum Gasteiger partial charge on any atom is -0.497 e. The Morgan fingerprint density at radius 2 is 0.839 bits per heavy atom. The molecule has 0 saturated carbocycles. The lowest BCUT2D eigenvalue weighted by Gasteiger charge is -2.18. The van der Waals surface area contributed by atoms with Crippen LogP contribution >= 0.6 is 0 Å². The zero-order chi connectivity index (χ0) is 45.0. The molecule has 0 aliphatic carbocycles. The van der Waals surface area contributed by atoms with Gasteiger partial charge >= 0.3 is 5.97 Å². The highest BCUT2D eigenvalue weighted by Gasteiger charge is 2.21. The summed E-state index contributed by atoms with van der Waals surface area (Å²) in [6.45, 7) is 0.602. The highest BCUT2D eigenvalue weighted by Crippen LogP contribution is 2.21. The number of carbonyl (C=O) groups excluding carboxylic acids is 4. The maximum Gasteiger partial charge on any atom is 0.305 e. The molecule has 0 fully saturated rings. The van der Waals surface area contributed by atoms with E-state index in [0.29, 0.717) is 55.8 Å². The predicted octanol–water partition coefficient (Wildman–Crippen LogP) is 8.03. The molecule has 0 bridgehead atoms. The van der Waals surface area contributed by atoms with Crippen molar-refractivity contribution in [2.24, 2.45) is 0 Å². The summed E-state index contributed by atoms with van der Waals surface area (Å²) in [7, 11) is 7.78. The van der Waals surface area contributed by atoms with E-state index in [1.54, 1.807) is 82.5 Å². The van der Waals surface area contributed by atoms with Crippen molar-refractivity contribution in [2.45, 2.75) is 89.6 Å². The van der Waals surface area contributed by atoms with Crippen LogP contribution in [0.25, 0.3) is 0 Å². The molecule has 62 heavy (non-hydrogen) atoms. The molecule has 0 heterocycles. The van der Waals surface area contributed by atoms with Crippen LogP contribution in [0.1, 0.15) is 75.3 Å². The van der Waals surface area contributed by atoms with Gasteiger partial charge in [0.2, 0.25) is 5.91 Å². The van der Waals surface area contributed by atoms with Crippen molar-refractivity contribution < 1.29 is 57.5 Å². The van der Waals surface area contributed by atoms with E-state index in [2.05, 4.69) is 15.4 Å². The number of anilines is 2. The minimum atomic E-state index is -0.643. The van der Waals surface area contributed by atoms with Gasteiger partial charge in [0.1, 0.15) is 35.2 Å². The second-order valence-electron chi connectivity index (χ2n) is 14.0. The van der Waals surface area contributed by atoms with Crippen LogP contribution < -0.4 is 35.1 Å². The SMILES string of the molecule is COC(=O)CCCCCC(OCc1ccc(OC)cc1)C(=O)Nc1ccc(OC)cc1.COc1ccc(COC(CCCCCC(=O)NO)C(=O)Nc2ccc(OC)cc2)cc1. The highest BCUT2D eigenvalue weighted by molar-refractivity contribution is 5.94. The molecule has 0 aromatic heterocycles. The number of rotatable bonds is 26. The van der Waals surface area contributed by atoms with Crippen molar-refractivity contribution in [1.82, 2.24) is 5.48 Å². The molecule has 0 aliphatic heterocycles. The van der Waals surface area contributed by atoms with Gasteiger partial charge in [0.15, 0.2) is 0 Å². The number of carbonyl (C=O) groups is 4. The molecule has 4 N–H and O–H groups in total. The molecule has 4 aromatic rings. The van der Waals surface area contributed by atoms with Crippen LogP contribution in [0.15, 0.2) is 97.1 Å². The van der Waals surface area contributed by atoms with Gasteiger partial charge in [-0.1, -0.05) is 49.9 Å². The molecule has 0 aliphatic rings. The molecular weight excluding hydrogens is 799 g/mol. The molecule has 0 saturated heterocycles. The van der Waals surface area contributed by atoms with Crippen LogP contribution in [0.4, 0.5) is 11.4 Å². The van der Waals surface area contributed by atoms with E-state index in [1.165, 1.54) is 7.11 Å². The summed E-state index contributed by atoms with van der Waals surface area (Å²) in [5, 5.41) is 14.3. The number of nitrogens with one attached hydrogen (secondary N) is 3. The van der Waals surface area contributed by atoms with Crippen molar-refractivity contribution in [1.29, 1.82) is 0 Å². The first-order chi connectivity index (χ1) is 30.1. The van der Waals surface area contributed by atoms with Crippen LogP contribution in [-0.4, -0.2) is 76.7 Å². The van der Waals surface area contributed by atoms with Gasteiger partial charge in [-0.2, -0.15) is 0 Å². The standard InChI is InChI=1S/C24H31NO6.C23H30N2O6/c1-28-20-13-9-18(10-14-20)17-31-22(7-5-4-6-8-23(26)30-3)24(27)25-19-11-15-21(29-2)16-12-19;1-29-19-12-8-17(9-13-19)16-31-21(6-4-3-5-7-22(26)25-28)23(27)24-18-10-14-20(30-2)15-11-18/h9-16,22H,4-8,17H2,1-3H3,(H,25,27);8-15,21,28H,3-7,16H2,1-2H3,(H,24,27)(H,25,26). The van der Waals surface area contributed by atoms with Gasteiger partial charge in [0.25, 0.3) is 11.8 Å². The number of hydrogen-bond acceptors (Lipinski definition) is 12. The first-order valence-corrected chi connectivity index (χ1v) is 20.5. The smallest absolute Gasteiger partial charge is 0.305 e. The second kappa shape index (κ2) is 29.2. The number of amides is 3. The molecule has 2 unspecified atom stereocenters. The Kier molecular flexibility index (Phi) is 23.6. The minimum absolute atomic E-state index is 0.202. The van der Waals surface area contributed by atoms with Crippen molar-refractivity contribution in [3.8, 4) is 23.0 Å². The monoisotopic (exact) mass is 859 g/mol. The van der Waals surface area contributed by atoms with Gasteiger partial charge in [0.05, 0.1) is 48.8 Å². The average Bonchev–Trinajstić information content (AvgIpc) is 3.31. The molecule has 2 atom stereocenters. The summed E-state index contributed by atoms with van der Waals surface area (Å²) in [6, 6.07) is 29.2. The van der Waals surface area contributed by atoms with Gasteiger partial charge in [-0.3, -0.25) is 24.4 Å². The van der Waals surface area contributed by atoms with E-state index in [9.17, 15) is 19.2 Å². The third kappa shape index (κ3) is 19.5. The maximum atomic E-state index is 12.8. The van der Waals surface area contributed by atoms with Gasteiger partial charge in [-0.05, 0) is 110 Å². The van der Waals surface area contributed by atoms with E-state index in [0.717, 1.165) is 54.1 Å². The molecule has 0 spiro atoms. The Morgan fingerprint density at radius 1 is 0.484 bits per heavy atom. The number of hydroxylamine groups is 1. The molecule has 4 rings (SSSR count). The highest BCUT2D eigenvalue weighted by atomic mass is 16.5. The lowest BCUT2D eigenvalue weighted by Crippen LogP contribution is -2.30. The van der Waals surface area contributed by atoms with Gasteiger partial charge in [-0.25, -0.2) is 5.48 Å². The molecular formula is C47H61N3O12. The van der Waals surface area contributed by atoms with Gasteiger partial charge < -0.3 is 43.8 Å². The third-order valence-electron chi connectivity index (χ3n) is 9.59. The van der Waals surface area contributed by atoms with Gasteiger partial charge in [0, 0.05) is 24.2 Å². The summed E-state index contributed by atoms with van der Waals surface area (Å²) < 4.78 is 37.2. The topological polar surface area (TPSA) is 189 Å². The van der Waals surface area contributed by atoms with Crippen molar-refractivity contribution in [3.05, 3.63) is 108 Å². The van der Waals surface area contributed by atoms with E-state index in [1.807, 2.05) is 48.5 Å². The van der Waals surface area contributed by atoms with Crippen LogP contribution in [0.2, 0.25) is 0 Å². The molecule has 15 heteroatoms. The van der Waals surface area contributed by atoms with E-state index < -0.39 is 18.1 Å². The predicted molar refractivity (Wildman–Crippen MR) is 235 cm³/mol. The lowest BCUT2D eigenvalue weighted by molar-refractivity contribution is -0.140. The zero-order valence-electron chi connectivity index (χ0n) is 36.3. The molecule has 15 nitrogen and oxygen atoms in total. The van der Waals surface area contributed by atoms with E-state index in [4.69, 9.17) is 33.6 Å². The number of benzene rings is 4. The van der Waals surface area contributed by atoms with Gasteiger partial charge in [-0.15, -0.1) is 0 Å². The first kappa shape index (κ1) is 50.2. The van der Waals surface area contributed by atoms with E-state index in [-0.39, 0.29) is 30.8 Å². The number of esters is 1. The Labute approximate surface area is 364 Å². The summed E-state index contributed by atoms with van der Waals surface area (Å²) in [4.78, 5) is 48.0. The molecule has 4 aromatic carbocycles. The molecule has 336 valence electrons. The average molecular weight is 860 g/mol. The number of hydrogen-bond donors (Lipinski definition) is 4. The molecule has 3 amide bonds. The van der Waals surface area contributed by atoms with Crippen LogP contribution in [-0.2, 0) is 46.6 Å². The number of ether oxygens (including phenoxy) is 7. The Hall–Kier alpha value is -6.16. The van der Waals surface area contributed by atoms with Crippen molar-refractivity contribution in [2.75, 3.05) is 46.2 Å². The Bertz CT molecular complexity index is 1750. The fraction of sp³-hybridized carbons (Fsp3) is 0.404. The summed E-state index contributed by atoms with van der Waals surface area (Å²) >= 11 is 0. The number of unbranched alkanes of at least 4 members (excludes halogenated alkanes) is 4. The van der Waals surface area contributed by atoms with Crippen LogP contribution in [0.3, 0.4) is 0 Å². The summed E-state index contributed by atoms with van der Waals surface area (Å²) in [5.41, 5.74) is 4.84. The quantitative estimate of drug-likeness (QED) is 0.0206. The fourth-order valence-electron chi connectivity index (χ4n) is 5.94. The van der Waals surface area contributed by atoms with E-state index >= 15 is 0 Å². The van der Waals surface area contributed by atoms with Crippen LogP contribution in [0.5, 0.6) is 23.0 Å². The summed E-state index contributed by atoms with van der Waals surface area (Å²) in [6.07, 6.45) is 4.81. The summed E-state index contributed by atoms with van der Waals surface area (Å²) in [5.74, 6) is 1.88. The first-order valence-electron chi connectivity index (χ1n) is 20.5. The zero-order valence-corrected chi connectivity index (χ0v) is 36.3. The normalized spacial score (nSPS) is 11.5. The van der Waals surface area contributed by atoms with Crippen molar-refractivity contribution >= 4 is 35.1 Å².